The first-order valence-corrected chi connectivity index (χ1v) is 14.0. The lowest BCUT2D eigenvalue weighted by Gasteiger charge is -2.29. The molecule has 2 fully saturated rings. The second kappa shape index (κ2) is 11.7. The average molecular weight is 537 g/mol. The van der Waals surface area contributed by atoms with Crippen molar-refractivity contribution in [1.29, 1.82) is 0 Å². The first-order chi connectivity index (χ1) is 18.4. The van der Waals surface area contributed by atoms with Gasteiger partial charge >= 0.3 is 0 Å². The summed E-state index contributed by atoms with van der Waals surface area (Å²) in [5.74, 6) is -0.511. The lowest BCUT2D eigenvalue weighted by Crippen LogP contribution is -2.52. The number of nitrogens with one attached hydrogen (secondary N) is 2. The minimum absolute atomic E-state index is 0.0534. The van der Waals surface area contributed by atoms with E-state index in [0.717, 1.165) is 29.1 Å². The summed E-state index contributed by atoms with van der Waals surface area (Å²) in [6, 6.07) is 15.1. The lowest BCUT2D eigenvalue weighted by molar-refractivity contribution is 0.0728. The van der Waals surface area contributed by atoms with Crippen molar-refractivity contribution in [2.45, 2.75) is 63.0 Å². The van der Waals surface area contributed by atoms with Crippen LogP contribution in [0.4, 0.5) is 4.39 Å². The SMILES string of the molecule is Cc1csc([C@H]2CCCN2C(=O)c2cccc(C(=O)NC(Cc3ccccc3)[C@H](O)[C@H]3C[C@H](F)CN3)c2)n1. The number of aromatic nitrogens is 1. The molecule has 0 aliphatic carbocycles. The number of amides is 2. The van der Waals surface area contributed by atoms with Gasteiger partial charge in [0.05, 0.1) is 18.2 Å². The molecule has 3 heterocycles. The van der Waals surface area contributed by atoms with E-state index >= 15 is 0 Å². The van der Waals surface area contributed by atoms with Crippen LogP contribution >= 0.6 is 11.3 Å². The molecular formula is C29H33FN4O3S. The molecule has 3 aromatic rings. The summed E-state index contributed by atoms with van der Waals surface area (Å²) in [6.45, 7) is 2.79. The van der Waals surface area contributed by atoms with E-state index in [0.29, 0.717) is 24.1 Å². The fourth-order valence-corrected chi connectivity index (χ4v) is 6.33. The molecule has 0 saturated carbocycles. The van der Waals surface area contributed by atoms with Gasteiger partial charge in [-0.2, -0.15) is 0 Å². The van der Waals surface area contributed by atoms with E-state index in [2.05, 4.69) is 15.6 Å². The van der Waals surface area contributed by atoms with Gasteiger partial charge in [-0.15, -0.1) is 11.3 Å². The second-order valence-corrected chi connectivity index (χ2v) is 11.1. The Morgan fingerprint density at radius 3 is 2.71 bits per heavy atom. The molecule has 2 amide bonds. The van der Waals surface area contributed by atoms with E-state index in [-0.39, 0.29) is 30.8 Å². The van der Waals surface area contributed by atoms with Gasteiger partial charge in [-0.1, -0.05) is 36.4 Å². The average Bonchev–Trinajstić information content (AvgIpc) is 3.69. The maximum Gasteiger partial charge on any atom is 0.254 e. The van der Waals surface area contributed by atoms with E-state index in [1.807, 2.05) is 47.5 Å². The number of halogens is 1. The molecule has 0 radical (unpaired) electrons. The maximum absolute atomic E-state index is 13.8. The van der Waals surface area contributed by atoms with Gasteiger partial charge in [-0.25, -0.2) is 9.37 Å². The number of carbonyl (C=O) groups excluding carboxylic acids is 2. The third-order valence-electron chi connectivity index (χ3n) is 7.36. The molecule has 5 atom stereocenters. The highest BCUT2D eigenvalue weighted by atomic mass is 32.1. The number of aliphatic hydroxyl groups excluding tert-OH is 1. The van der Waals surface area contributed by atoms with Crippen molar-refractivity contribution in [2.24, 2.45) is 0 Å². The van der Waals surface area contributed by atoms with Gasteiger partial charge in [0.1, 0.15) is 11.2 Å². The number of hydrogen-bond acceptors (Lipinski definition) is 6. The maximum atomic E-state index is 13.8. The second-order valence-electron chi connectivity index (χ2n) is 10.2. The van der Waals surface area contributed by atoms with Crippen molar-refractivity contribution in [1.82, 2.24) is 20.5 Å². The van der Waals surface area contributed by atoms with E-state index in [1.54, 1.807) is 35.6 Å². The van der Waals surface area contributed by atoms with Crippen LogP contribution in [0.25, 0.3) is 0 Å². The molecule has 1 aromatic heterocycles. The summed E-state index contributed by atoms with van der Waals surface area (Å²) >= 11 is 1.57. The van der Waals surface area contributed by atoms with Gasteiger partial charge in [0.25, 0.3) is 11.8 Å². The number of rotatable bonds is 8. The van der Waals surface area contributed by atoms with Crippen LogP contribution in [0.15, 0.2) is 60.0 Å². The van der Waals surface area contributed by atoms with Crippen LogP contribution < -0.4 is 10.6 Å². The van der Waals surface area contributed by atoms with Crippen molar-refractivity contribution < 1.29 is 19.1 Å². The Morgan fingerprint density at radius 2 is 2.00 bits per heavy atom. The number of nitrogens with zero attached hydrogens (tertiary/aromatic N) is 2. The van der Waals surface area contributed by atoms with Gasteiger partial charge < -0.3 is 20.6 Å². The smallest absolute Gasteiger partial charge is 0.254 e. The number of likely N-dealkylation sites (tertiary alicyclic amines) is 1. The molecule has 5 rings (SSSR count). The molecule has 2 aliphatic heterocycles. The number of benzene rings is 2. The molecule has 3 N–H and O–H groups in total. The monoisotopic (exact) mass is 536 g/mol. The van der Waals surface area contributed by atoms with Gasteiger partial charge in [-0.05, 0) is 56.4 Å². The molecule has 1 unspecified atom stereocenters. The summed E-state index contributed by atoms with van der Waals surface area (Å²) in [7, 11) is 0. The quantitative estimate of drug-likeness (QED) is 0.407. The predicted molar refractivity (Wildman–Crippen MR) is 145 cm³/mol. The van der Waals surface area contributed by atoms with Crippen LogP contribution in [0, 0.1) is 6.92 Å². The van der Waals surface area contributed by atoms with Gasteiger partial charge in [-0.3, -0.25) is 9.59 Å². The van der Waals surface area contributed by atoms with Crippen molar-refractivity contribution >= 4 is 23.2 Å². The minimum atomic E-state index is -1.02. The zero-order chi connectivity index (χ0) is 26.6. The molecule has 38 heavy (non-hydrogen) atoms. The highest BCUT2D eigenvalue weighted by Crippen LogP contribution is 2.34. The van der Waals surface area contributed by atoms with Crippen molar-refractivity contribution in [3.63, 3.8) is 0 Å². The van der Waals surface area contributed by atoms with Crippen LogP contribution in [0.5, 0.6) is 0 Å². The molecule has 2 aromatic carbocycles. The summed E-state index contributed by atoms with van der Waals surface area (Å²) < 4.78 is 13.8. The zero-order valence-electron chi connectivity index (χ0n) is 21.3. The Labute approximate surface area is 226 Å². The largest absolute Gasteiger partial charge is 0.389 e. The normalized spacial score (nSPS) is 22.8. The van der Waals surface area contributed by atoms with Crippen molar-refractivity contribution in [3.8, 4) is 0 Å². The van der Waals surface area contributed by atoms with E-state index in [9.17, 15) is 19.1 Å². The Hall–Kier alpha value is -3.14. The first-order valence-electron chi connectivity index (χ1n) is 13.1. The van der Waals surface area contributed by atoms with Crippen LogP contribution in [-0.2, 0) is 6.42 Å². The Bertz CT molecular complexity index is 1270. The predicted octanol–water partition coefficient (Wildman–Crippen LogP) is 3.83. The number of carbonyl (C=O) groups is 2. The number of aliphatic hydroxyl groups is 1. The molecule has 2 aliphatic rings. The highest BCUT2D eigenvalue weighted by molar-refractivity contribution is 7.09. The molecule has 0 bridgehead atoms. The Kier molecular flexibility index (Phi) is 8.16. The fourth-order valence-electron chi connectivity index (χ4n) is 5.39. The number of aryl methyl sites for hydroxylation is 1. The van der Waals surface area contributed by atoms with E-state index in [4.69, 9.17) is 0 Å². The summed E-state index contributed by atoms with van der Waals surface area (Å²) in [5.41, 5.74) is 2.68. The van der Waals surface area contributed by atoms with Crippen molar-refractivity contribution in [2.75, 3.05) is 13.1 Å². The van der Waals surface area contributed by atoms with Crippen LogP contribution in [0.1, 0.15) is 62.3 Å². The van der Waals surface area contributed by atoms with Gasteiger partial charge in [0.15, 0.2) is 0 Å². The Balaban J connectivity index is 1.32. The molecule has 2 saturated heterocycles. The topological polar surface area (TPSA) is 94.6 Å². The highest BCUT2D eigenvalue weighted by Gasteiger charge is 2.35. The van der Waals surface area contributed by atoms with Crippen LogP contribution in [-0.4, -0.2) is 64.3 Å². The van der Waals surface area contributed by atoms with E-state index in [1.165, 1.54) is 0 Å². The molecule has 7 nitrogen and oxygen atoms in total. The lowest BCUT2D eigenvalue weighted by atomic mass is 9.95. The molecule has 9 heteroatoms. The summed E-state index contributed by atoms with van der Waals surface area (Å²) in [5, 5.41) is 20.0. The standard InChI is InChI=1S/C29H33FN4O3S/c1-18-17-38-28(32-18)25-11-6-12-34(25)29(37)21-10-5-9-20(14-21)27(36)33-24(13-19-7-3-2-4-8-19)26(35)23-15-22(30)16-31-23/h2-5,7-10,14,17,22-26,31,35H,6,11-13,15-16H2,1H3,(H,33,36)/t22-,23+,24?,25+,26+/m0/s1. The number of thiazole rings is 1. The Morgan fingerprint density at radius 1 is 1.21 bits per heavy atom. The van der Waals surface area contributed by atoms with Crippen LogP contribution in [0.2, 0.25) is 0 Å². The molecule has 200 valence electrons. The van der Waals surface area contributed by atoms with Crippen molar-refractivity contribution in [3.05, 3.63) is 87.4 Å². The molecule has 0 spiro atoms. The number of hydrogen-bond donors (Lipinski definition) is 3. The molecular weight excluding hydrogens is 503 g/mol. The zero-order valence-corrected chi connectivity index (χ0v) is 22.2. The fraction of sp³-hybridized carbons (Fsp3) is 0.414. The van der Waals surface area contributed by atoms with Gasteiger partial charge in [0.2, 0.25) is 0 Å². The summed E-state index contributed by atoms with van der Waals surface area (Å²) in [6.07, 6.45) is 0.368. The summed E-state index contributed by atoms with van der Waals surface area (Å²) in [4.78, 5) is 33.3. The number of alkyl halides is 1. The third-order valence-corrected chi connectivity index (χ3v) is 8.42. The third kappa shape index (κ3) is 5.95. The van der Waals surface area contributed by atoms with Gasteiger partial charge in [0, 0.05) is 41.3 Å². The van der Waals surface area contributed by atoms with Crippen LogP contribution in [0.3, 0.4) is 0 Å². The first kappa shape index (κ1) is 26.5. The van der Waals surface area contributed by atoms with E-state index < -0.39 is 24.4 Å². The minimum Gasteiger partial charge on any atom is -0.389 e.